The molecule has 0 fully saturated rings. The van der Waals surface area contributed by atoms with Crippen LogP contribution in [0.5, 0.6) is 0 Å². The van der Waals surface area contributed by atoms with Crippen molar-refractivity contribution in [3.8, 4) is 0 Å². The molecule has 5 heteroatoms. The minimum absolute atomic E-state index is 0.0445. The number of ether oxygens (including phenoxy) is 1. The second-order valence-corrected chi connectivity index (χ2v) is 4.74. The lowest BCUT2D eigenvalue weighted by Crippen LogP contribution is -2.19. The molecule has 88 valence electrons. The van der Waals surface area contributed by atoms with Crippen molar-refractivity contribution in [2.24, 2.45) is 5.16 Å². The topological polar surface area (TPSA) is 58.9 Å². The minimum Gasteiger partial charge on any atom is -0.461 e. The number of aryl methyl sites for hydroxylation is 2. The molecular weight excluding hydrogens is 226 g/mol. The molecular formula is C11H15NO3S. The molecule has 0 saturated heterocycles. The zero-order valence-corrected chi connectivity index (χ0v) is 10.4. The number of carbonyl (C=O) groups is 1. The van der Waals surface area contributed by atoms with Crippen molar-refractivity contribution in [3.63, 3.8) is 0 Å². The van der Waals surface area contributed by atoms with Crippen LogP contribution in [0.2, 0.25) is 0 Å². The molecule has 0 aliphatic rings. The van der Waals surface area contributed by atoms with Gasteiger partial charge in [-0.25, -0.2) is 4.79 Å². The molecule has 1 heterocycles. The average Bonchev–Trinajstić information content (AvgIpc) is 2.55. The molecule has 0 aliphatic carbocycles. The van der Waals surface area contributed by atoms with E-state index in [9.17, 15) is 4.79 Å². The van der Waals surface area contributed by atoms with E-state index in [1.54, 1.807) is 18.3 Å². The Morgan fingerprint density at radius 1 is 1.56 bits per heavy atom. The van der Waals surface area contributed by atoms with E-state index in [0.717, 1.165) is 4.88 Å². The Morgan fingerprint density at radius 2 is 2.25 bits per heavy atom. The predicted molar refractivity (Wildman–Crippen MR) is 63.4 cm³/mol. The van der Waals surface area contributed by atoms with E-state index in [1.807, 2.05) is 19.9 Å². The van der Waals surface area contributed by atoms with Crippen LogP contribution in [-0.4, -0.2) is 23.5 Å². The van der Waals surface area contributed by atoms with Gasteiger partial charge in [-0.2, -0.15) is 0 Å². The standard InChI is InChI=1S/C11H15NO3S/c1-4-15-11(13)10(12-14)6-9-5-7(2)8(3)16-9/h5,14H,4,6H2,1-3H3/b12-10-. The maximum atomic E-state index is 11.4. The summed E-state index contributed by atoms with van der Waals surface area (Å²) >= 11 is 1.59. The first kappa shape index (κ1) is 12.7. The molecule has 16 heavy (non-hydrogen) atoms. The lowest BCUT2D eigenvalue weighted by Gasteiger charge is -2.01. The largest absolute Gasteiger partial charge is 0.461 e. The highest BCUT2D eigenvalue weighted by Gasteiger charge is 2.15. The van der Waals surface area contributed by atoms with Gasteiger partial charge in [-0.15, -0.1) is 11.3 Å². The highest BCUT2D eigenvalue weighted by molar-refractivity contribution is 7.12. The van der Waals surface area contributed by atoms with Gasteiger partial charge in [0, 0.05) is 16.2 Å². The molecule has 1 rings (SSSR count). The van der Waals surface area contributed by atoms with E-state index in [1.165, 1.54) is 10.4 Å². The third-order valence-electron chi connectivity index (χ3n) is 2.19. The highest BCUT2D eigenvalue weighted by atomic mass is 32.1. The van der Waals surface area contributed by atoms with Crippen molar-refractivity contribution in [2.45, 2.75) is 27.2 Å². The zero-order chi connectivity index (χ0) is 12.1. The third-order valence-corrected chi connectivity index (χ3v) is 3.34. The van der Waals surface area contributed by atoms with Crippen LogP contribution in [0.25, 0.3) is 0 Å². The van der Waals surface area contributed by atoms with Gasteiger partial charge in [0.15, 0.2) is 5.71 Å². The fourth-order valence-electron chi connectivity index (χ4n) is 1.26. The van der Waals surface area contributed by atoms with Crippen LogP contribution >= 0.6 is 11.3 Å². The van der Waals surface area contributed by atoms with E-state index in [2.05, 4.69) is 5.16 Å². The van der Waals surface area contributed by atoms with Crippen molar-refractivity contribution in [3.05, 3.63) is 21.4 Å². The van der Waals surface area contributed by atoms with Gasteiger partial charge in [0.05, 0.1) is 6.61 Å². The highest BCUT2D eigenvalue weighted by Crippen LogP contribution is 2.21. The number of oxime groups is 1. The first-order valence-corrected chi connectivity index (χ1v) is 5.84. The number of nitrogens with zero attached hydrogens (tertiary/aromatic N) is 1. The van der Waals surface area contributed by atoms with Gasteiger partial charge in [-0.3, -0.25) is 0 Å². The molecule has 0 aliphatic heterocycles. The van der Waals surface area contributed by atoms with E-state index in [4.69, 9.17) is 9.94 Å². The van der Waals surface area contributed by atoms with Gasteiger partial charge in [0.25, 0.3) is 0 Å². The van der Waals surface area contributed by atoms with Crippen molar-refractivity contribution >= 4 is 23.0 Å². The van der Waals surface area contributed by atoms with E-state index in [0.29, 0.717) is 6.42 Å². The molecule has 0 saturated carbocycles. The Morgan fingerprint density at radius 3 is 2.69 bits per heavy atom. The van der Waals surface area contributed by atoms with Crippen molar-refractivity contribution in [1.29, 1.82) is 0 Å². The summed E-state index contributed by atoms with van der Waals surface area (Å²) < 4.78 is 4.78. The molecule has 0 bridgehead atoms. The Hall–Kier alpha value is -1.36. The molecule has 0 unspecified atom stereocenters. The Bertz CT molecular complexity index is 390. The lowest BCUT2D eigenvalue weighted by atomic mass is 10.2. The normalized spacial score (nSPS) is 11.6. The monoisotopic (exact) mass is 241 g/mol. The van der Waals surface area contributed by atoms with Crippen molar-refractivity contribution in [1.82, 2.24) is 0 Å². The Labute approximate surface area is 98.5 Å². The lowest BCUT2D eigenvalue weighted by molar-refractivity contribution is -0.135. The first-order chi connectivity index (χ1) is 7.58. The number of hydrogen-bond donors (Lipinski definition) is 1. The first-order valence-electron chi connectivity index (χ1n) is 5.02. The fraction of sp³-hybridized carbons (Fsp3) is 0.455. The van der Waals surface area contributed by atoms with Gasteiger partial charge in [0.2, 0.25) is 0 Å². The van der Waals surface area contributed by atoms with Gasteiger partial charge in [0.1, 0.15) is 0 Å². The molecule has 0 radical (unpaired) electrons. The maximum Gasteiger partial charge on any atom is 0.356 e. The average molecular weight is 241 g/mol. The molecule has 0 spiro atoms. The summed E-state index contributed by atoms with van der Waals surface area (Å²) in [5.41, 5.74) is 1.23. The van der Waals surface area contributed by atoms with Crippen LogP contribution in [0.4, 0.5) is 0 Å². The Kier molecular flexibility index (Phi) is 4.49. The van der Waals surface area contributed by atoms with Gasteiger partial charge < -0.3 is 9.94 Å². The molecule has 1 aromatic heterocycles. The second kappa shape index (κ2) is 5.65. The SMILES string of the molecule is CCOC(=O)/C(Cc1cc(C)c(C)s1)=N\O. The second-order valence-electron chi connectivity index (χ2n) is 3.40. The van der Waals surface area contributed by atoms with Gasteiger partial charge >= 0.3 is 5.97 Å². The Balaban J connectivity index is 2.75. The third kappa shape index (κ3) is 3.06. The summed E-state index contributed by atoms with van der Waals surface area (Å²) in [5.74, 6) is -0.561. The number of hydrogen-bond acceptors (Lipinski definition) is 5. The number of thiophene rings is 1. The zero-order valence-electron chi connectivity index (χ0n) is 9.61. The summed E-state index contributed by atoms with van der Waals surface area (Å²) in [6.07, 6.45) is 0.314. The summed E-state index contributed by atoms with van der Waals surface area (Å²) in [6, 6.07) is 1.99. The van der Waals surface area contributed by atoms with E-state index < -0.39 is 5.97 Å². The van der Waals surface area contributed by atoms with Crippen LogP contribution in [-0.2, 0) is 16.0 Å². The quantitative estimate of drug-likeness (QED) is 0.381. The van der Waals surface area contributed by atoms with E-state index in [-0.39, 0.29) is 12.3 Å². The van der Waals surface area contributed by atoms with Crippen molar-refractivity contribution in [2.75, 3.05) is 6.61 Å². The number of rotatable bonds is 4. The van der Waals surface area contributed by atoms with Crippen LogP contribution in [0.15, 0.2) is 11.2 Å². The summed E-state index contributed by atoms with van der Waals surface area (Å²) in [7, 11) is 0. The molecule has 1 N–H and O–H groups in total. The predicted octanol–water partition coefficient (Wildman–Crippen LogP) is 2.30. The molecule has 4 nitrogen and oxygen atoms in total. The fourth-order valence-corrected chi connectivity index (χ4v) is 2.32. The van der Waals surface area contributed by atoms with Gasteiger partial charge in [-0.1, -0.05) is 5.16 Å². The van der Waals surface area contributed by atoms with E-state index >= 15 is 0 Å². The molecule has 1 aromatic rings. The molecule has 0 amide bonds. The van der Waals surface area contributed by atoms with Crippen LogP contribution in [0, 0.1) is 13.8 Å². The number of carbonyl (C=O) groups excluding carboxylic acids is 1. The molecule has 0 atom stereocenters. The summed E-state index contributed by atoms with van der Waals surface area (Å²) in [4.78, 5) is 13.6. The summed E-state index contributed by atoms with van der Waals surface area (Å²) in [5, 5.41) is 11.7. The minimum atomic E-state index is -0.561. The van der Waals surface area contributed by atoms with Crippen LogP contribution < -0.4 is 0 Å². The maximum absolute atomic E-state index is 11.4. The summed E-state index contributed by atoms with van der Waals surface area (Å²) in [6.45, 7) is 6.02. The van der Waals surface area contributed by atoms with Crippen LogP contribution in [0.3, 0.4) is 0 Å². The van der Waals surface area contributed by atoms with Crippen LogP contribution in [0.1, 0.15) is 22.2 Å². The van der Waals surface area contributed by atoms with Crippen molar-refractivity contribution < 1.29 is 14.7 Å². The number of esters is 1. The smallest absolute Gasteiger partial charge is 0.356 e. The van der Waals surface area contributed by atoms with Gasteiger partial charge in [-0.05, 0) is 32.4 Å². The molecule has 0 aromatic carbocycles.